The van der Waals surface area contributed by atoms with E-state index in [0.29, 0.717) is 30.7 Å². The van der Waals surface area contributed by atoms with Gasteiger partial charge in [0.25, 0.3) is 0 Å². The number of nitrogens with two attached hydrogens (primary N) is 1. The Morgan fingerprint density at radius 2 is 2.19 bits per heavy atom. The molecule has 1 heterocycles. The van der Waals surface area contributed by atoms with Crippen LogP contribution in [0.3, 0.4) is 0 Å². The summed E-state index contributed by atoms with van der Waals surface area (Å²) in [6.07, 6.45) is 3.87. The minimum absolute atomic E-state index is 0.281. The van der Waals surface area contributed by atoms with Crippen LogP contribution in [0.25, 0.3) is 0 Å². The molecule has 0 aromatic carbocycles. The van der Waals surface area contributed by atoms with Crippen LogP contribution in [0.15, 0.2) is 0 Å². The molecule has 0 radical (unpaired) electrons. The minimum atomic E-state index is 0.281. The van der Waals surface area contributed by atoms with Crippen LogP contribution in [-0.4, -0.2) is 29.9 Å². The standard InChI is InChI=1S/C13H26N2O/c1-10(2)4-5-13(16)15-7-6-11(3)8-12(15)9-14/h10-12H,4-9,14H2,1-3H3. The summed E-state index contributed by atoms with van der Waals surface area (Å²) < 4.78 is 0. The Morgan fingerprint density at radius 1 is 1.50 bits per heavy atom. The van der Waals surface area contributed by atoms with Gasteiger partial charge in [-0.1, -0.05) is 20.8 Å². The van der Waals surface area contributed by atoms with Crippen molar-refractivity contribution in [2.75, 3.05) is 13.1 Å². The summed E-state index contributed by atoms with van der Waals surface area (Å²) >= 11 is 0. The summed E-state index contributed by atoms with van der Waals surface area (Å²) in [5.74, 6) is 1.61. The summed E-state index contributed by atoms with van der Waals surface area (Å²) in [7, 11) is 0. The Kier molecular flexibility index (Phi) is 5.26. The molecule has 2 unspecified atom stereocenters. The predicted octanol–water partition coefficient (Wildman–Crippen LogP) is 2.01. The summed E-state index contributed by atoms with van der Waals surface area (Å²) in [4.78, 5) is 14.1. The van der Waals surface area contributed by atoms with Gasteiger partial charge in [0, 0.05) is 25.6 Å². The van der Waals surface area contributed by atoms with Crippen molar-refractivity contribution in [3.8, 4) is 0 Å². The number of hydrogen-bond donors (Lipinski definition) is 1. The molecule has 1 amide bonds. The molecule has 1 fully saturated rings. The lowest BCUT2D eigenvalue weighted by Crippen LogP contribution is -2.49. The molecule has 2 N–H and O–H groups in total. The van der Waals surface area contributed by atoms with E-state index in [1.54, 1.807) is 0 Å². The lowest BCUT2D eigenvalue weighted by Gasteiger charge is -2.38. The fraction of sp³-hybridized carbons (Fsp3) is 0.923. The molecule has 0 saturated carbocycles. The van der Waals surface area contributed by atoms with Crippen LogP contribution in [0.5, 0.6) is 0 Å². The molecule has 94 valence electrons. The Morgan fingerprint density at radius 3 is 2.75 bits per heavy atom. The fourth-order valence-corrected chi connectivity index (χ4v) is 2.36. The number of carbonyl (C=O) groups excluding carboxylic acids is 1. The van der Waals surface area contributed by atoms with Gasteiger partial charge in [0.15, 0.2) is 0 Å². The van der Waals surface area contributed by atoms with Gasteiger partial charge in [0.05, 0.1) is 0 Å². The molecule has 3 heteroatoms. The number of likely N-dealkylation sites (tertiary alicyclic amines) is 1. The first-order valence-corrected chi connectivity index (χ1v) is 6.54. The Balaban J connectivity index is 2.47. The maximum Gasteiger partial charge on any atom is 0.222 e. The van der Waals surface area contributed by atoms with Gasteiger partial charge < -0.3 is 10.6 Å². The first-order chi connectivity index (χ1) is 7.54. The van der Waals surface area contributed by atoms with Gasteiger partial charge in [-0.05, 0) is 31.1 Å². The van der Waals surface area contributed by atoms with Crippen LogP contribution in [0.1, 0.15) is 46.5 Å². The molecule has 1 aliphatic heterocycles. The van der Waals surface area contributed by atoms with Crippen molar-refractivity contribution in [3.63, 3.8) is 0 Å². The van der Waals surface area contributed by atoms with E-state index < -0.39 is 0 Å². The van der Waals surface area contributed by atoms with E-state index in [2.05, 4.69) is 20.8 Å². The normalized spacial score (nSPS) is 26.2. The van der Waals surface area contributed by atoms with Gasteiger partial charge in [0.2, 0.25) is 5.91 Å². The number of hydrogen-bond acceptors (Lipinski definition) is 2. The van der Waals surface area contributed by atoms with Gasteiger partial charge in [-0.3, -0.25) is 4.79 Å². The van der Waals surface area contributed by atoms with Crippen molar-refractivity contribution in [1.29, 1.82) is 0 Å². The molecule has 1 saturated heterocycles. The molecule has 0 aromatic heterocycles. The van der Waals surface area contributed by atoms with Gasteiger partial charge in [-0.25, -0.2) is 0 Å². The molecular weight excluding hydrogens is 200 g/mol. The highest BCUT2D eigenvalue weighted by Crippen LogP contribution is 2.23. The van der Waals surface area contributed by atoms with Crippen LogP contribution in [0, 0.1) is 11.8 Å². The average Bonchev–Trinajstić information content (AvgIpc) is 2.25. The zero-order chi connectivity index (χ0) is 12.1. The fourth-order valence-electron chi connectivity index (χ4n) is 2.36. The van der Waals surface area contributed by atoms with Crippen molar-refractivity contribution in [2.45, 2.75) is 52.5 Å². The van der Waals surface area contributed by atoms with Crippen LogP contribution in [0.4, 0.5) is 0 Å². The predicted molar refractivity (Wildman–Crippen MR) is 67.0 cm³/mol. The zero-order valence-electron chi connectivity index (χ0n) is 10.9. The maximum atomic E-state index is 12.0. The number of rotatable bonds is 4. The third kappa shape index (κ3) is 3.78. The summed E-state index contributed by atoms with van der Waals surface area (Å²) in [5, 5.41) is 0. The smallest absolute Gasteiger partial charge is 0.222 e. The number of piperidine rings is 1. The summed E-state index contributed by atoms with van der Waals surface area (Å²) in [6.45, 7) is 8.08. The van der Waals surface area contributed by atoms with E-state index >= 15 is 0 Å². The summed E-state index contributed by atoms with van der Waals surface area (Å²) in [6, 6.07) is 0.281. The van der Waals surface area contributed by atoms with Crippen LogP contribution in [0.2, 0.25) is 0 Å². The van der Waals surface area contributed by atoms with Gasteiger partial charge in [-0.2, -0.15) is 0 Å². The molecule has 2 atom stereocenters. The molecule has 0 bridgehead atoms. The SMILES string of the molecule is CC(C)CCC(=O)N1CCC(C)CC1CN. The van der Waals surface area contributed by atoms with E-state index in [1.165, 1.54) is 0 Å². The van der Waals surface area contributed by atoms with Crippen molar-refractivity contribution in [2.24, 2.45) is 17.6 Å². The monoisotopic (exact) mass is 226 g/mol. The molecular formula is C13H26N2O. The third-order valence-corrected chi connectivity index (χ3v) is 3.51. The second kappa shape index (κ2) is 6.24. The Bertz CT molecular complexity index is 228. The Labute approximate surface area is 99.4 Å². The maximum absolute atomic E-state index is 12.0. The summed E-state index contributed by atoms with van der Waals surface area (Å²) in [5.41, 5.74) is 5.76. The van der Waals surface area contributed by atoms with Crippen molar-refractivity contribution in [1.82, 2.24) is 4.90 Å². The van der Waals surface area contributed by atoms with Crippen LogP contribution in [-0.2, 0) is 4.79 Å². The number of nitrogens with zero attached hydrogens (tertiary/aromatic N) is 1. The van der Waals surface area contributed by atoms with E-state index in [1.807, 2.05) is 4.90 Å². The first kappa shape index (κ1) is 13.5. The average molecular weight is 226 g/mol. The van der Waals surface area contributed by atoms with E-state index in [4.69, 9.17) is 5.73 Å². The van der Waals surface area contributed by atoms with Gasteiger partial charge >= 0.3 is 0 Å². The van der Waals surface area contributed by atoms with E-state index in [9.17, 15) is 4.79 Å². The molecule has 1 rings (SSSR count). The van der Waals surface area contributed by atoms with E-state index in [0.717, 1.165) is 25.8 Å². The minimum Gasteiger partial charge on any atom is -0.338 e. The van der Waals surface area contributed by atoms with Gasteiger partial charge in [-0.15, -0.1) is 0 Å². The molecule has 0 spiro atoms. The molecule has 16 heavy (non-hydrogen) atoms. The molecule has 0 aliphatic carbocycles. The van der Waals surface area contributed by atoms with Crippen LogP contribution >= 0.6 is 0 Å². The third-order valence-electron chi connectivity index (χ3n) is 3.51. The van der Waals surface area contributed by atoms with Gasteiger partial charge in [0.1, 0.15) is 0 Å². The zero-order valence-corrected chi connectivity index (χ0v) is 10.9. The molecule has 1 aliphatic rings. The highest BCUT2D eigenvalue weighted by molar-refractivity contribution is 5.76. The van der Waals surface area contributed by atoms with Crippen molar-refractivity contribution >= 4 is 5.91 Å². The lowest BCUT2D eigenvalue weighted by atomic mass is 9.92. The Hall–Kier alpha value is -0.570. The lowest BCUT2D eigenvalue weighted by molar-refractivity contribution is -0.135. The van der Waals surface area contributed by atoms with Crippen molar-refractivity contribution in [3.05, 3.63) is 0 Å². The second-order valence-corrected chi connectivity index (χ2v) is 5.54. The molecule has 3 nitrogen and oxygen atoms in total. The topological polar surface area (TPSA) is 46.3 Å². The number of carbonyl (C=O) groups is 1. The molecule has 0 aromatic rings. The highest BCUT2D eigenvalue weighted by Gasteiger charge is 2.28. The highest BCUT2D eigenvalue weighted by atomic mass is 16.2. The van der Waals surface area contributed by atoms with Crippen LogP contribution < -0.4 is 5.73 Å². The number of amides is 1. The van der Waals surface area contributed by atoms with E-state index in [-0.39, 0.29) is 6.04 Å². The largest absolute Gasteiger partial charge is 0.338 e. The quantitative estimate of drug-likeness (QED) is 0.797. The van der Waals surface area contributed by atoms with Crippen molar-refractivity contribution < 1.29 is 4.79 Å². The second-order valence-electron chi connectivity index (χ2n) is 5.54. The first-order valence-electron chi connectivity index (χ1n) is 6.54.